The number of carbonyl (C=O) groups is 2. The van der Waals surface area contributed by atoms with Crippen LogP contribution in [0.3, 0.4) is 0 Å². The van der Waals surface area contributed by atoms with E-state index in [4.69, 9.17) is 14.7 Å². The topological polar surface area (TPSA) is 91.7 Å². The molecule has 2 aromatic carbocycles. The minimum Gasteiger partial charge on any atom is -0.497 e. The Balaban J connectivity index is 1.73. The predicted molar refractivity (Wildman–Crippen MR) is 99.8 cm³/mol. The zero-order chi connectivity index (χ0) is 19.4. The third-order valence-electron chi connectivity index (χ3n) is 4.46. The van der Waals surface area contributed by atoms with E-state index in [-0.39, 0.29) is 24.8 Å². The predicted octanol–water partition coefficient (Wildman–Crippen LogP) is 2.57. The van der Waals surface area contributed by atoms with E-state index in [9.17, 15) is 9.59 Å². The van der Waals surface area contributed by atoms with Crippen LogP contribution in [0.15, 0.2) is 42.5 Å². The number of hydrogen-bond acceptors (Lipinski definition) is 5. The molecule has 7 nitrogen and oxygen atoms in total. The van der Waals surface area contributed by atoms with Crippen molar-refractivity contribution in [1.82, 2.24) is 0 Å². The van der Waals surface area contributed by atoms with Gasteiger partial charge in [0, 0.05) is 24.7 Å². The Labute approximate surface area is 157 Å². The van der Waals surface area contributed by atoms with Crippen molar-refractivity contribution in [3.8, 4) is 17.6 Å². The molecule has 1 aliphatic heterocycles. The van der Waals surface area contributed by atoms with Crippen molar-refractivity contribution in [2.75, 3.05) is 31.0 Å². The standard InChI is InChI=1S/C20H19N3O4/c1-26-16-7-8-17(18(10-16)27-2)23-12-14(9-19(23)24)20(25)22-15-5-3-13(11-21)4-6-15/h3-8,10,14H,9,12H2,1-2H3,(H,22,25). The first-order chi connectivity index (χ1) is 13.0. The lowest BCUT2D eigenvalue weighted by atomic mass is 10.1. The molecule has 1 atom stereocenters. The second kappa shape index (κ2) is 7.79. The number of carbonyl (C=O) groups excluding carboxylic acids is 2. The first-order valence-corrected chi connectivity index (χ1v) is 8.39. The SMILES string of the molecule is COc1ccc(N2CC(C(=O)Nc3ccc(C#N)cc3)CC2=O)c(OC)c1. The van der Waals surface area contributed by atoms with Gasteiger partial charge in [0.1, 0.15) is 11.5 Å². The fourth-order valence-corrected chi connectivity index (χ4v) is 3.00. The molecule has 0 aliphatic carbocycles. The Morgan fingerprint density at radius 2 is 1.93 bits per heavy atom. The summed E-state index contributed by atoms with van der Waals surface area (Å²) in [5.74, 6) is 0.287. The van der Waals surface area contributed by atoms with Gasteiger partial charge in [-0.1, -0.05) is 0 Å². The quantitative estimate of drug-likeness (QED) is 0.879. The minimum absolute atomic E-state index is 0.122. The molecular formula is C20H19N3O4. The average Bonchev–Trinajstić information content (AvgIpc) is 3.09. The first kappa shape index (κ1) is 18.3. The van der Waals surface area contributed by atoms with E-state index in [1.807, 2.05) is 6.07 Å². The molecule has 1 heterocycles. The minimum atomic E-state index is -0.472. The van der Waals surface area contributed by atoms with Crippen LogP contribution in [0, 0.1) is 17.2 Å². The van der Waals surface area contributed by atoms with Gasteiger partial charge in [-0.25, -0.2) is 0 Å². The van der Waals surface area contributed by atoms with Crippen LogP contribution in [0.4, 0.5) is 11.4 Å². The van der Waals surface area contributed by atoms with Crippen LogP contribution in [0.25, 0.3) is 0 Å². The van der Waals surface area contributed by atoms with Crippen molar-refractivity contribution in [3.05, 3.63) is 48.0 Å². The van der Waals surface area contributed by atoms with Crippen LogP contribution < -0.4 is 19.7 Å². The van der Waals surface area contributed by atoms with Crippen LogP contribution in [0.5, 0.6) is 11.5 Å². The summed E-state index contributed by atoms with van der Waals surface area (Å²) < 4.78 is 10.5. The summed E-state index contributed by atoms with van der Waals surface area (Å²) in [5, 5.41) is 11.6. The largest absolute Gasteiger partial charge is 0.497 e. The number of nitrogens with zero attached hydrogens (tertiary/aromatic N) is 2. The molecular weight excluding hydrogens is 346 g/mol. The number of nitriles is 1. The van der Waals surface area contributed by atoms with Gasteiger partial charge in [-0.15, -0.1) is 0 Å². The summed E-state index contributed by atoms with van der Waals surface area (Å²) in [7, 11) is 3.08. The Kier molecular flexibility index (Phi) is 5.27. The highest BCUT2D eigenvalue weighted by Gasteiger charge is 2.36. The van der Waals surface area contributed by atoms with Gasteiger partial charge in [-0.05, 0) is 36.4 Å². The van der Waals surface area contributed by atoms with E-state index in [0.717, 1.165) is 0 Å². The van der Waals surface area contributed by atoms with Gasteiger partial charge in [0.05, 0.1) is 37.5 Å². The average molecular weight is 365 g/mol. The van der Waals surface area contributed by atoms with Gasteiger partial charge in [0.25, 0.3) is 0 Å². The van der Waals surface area contributed by atoms with E-state index >= 15 is 0 Å². The van der Waals surface area contributed by atoms with Crippen molar-refractivity contribution in [3.63, 3.8) is 0 Å². The lowest BCUT2D eigenvalue weighted by Crippen LogP contribution is -2.28. The number of benzene rings is 2. The molecule has 0 radical (unpaired) electrons. The van der Waals surface area contributed by atoms with Crippen LogP contribution in [-0.2, 0) is 9.59 Å². The molecule has 2 amide bonds. The van der Waals surface area contributed by atoms with Crippen LogP contribution in [0.2, 0.25) is 0 Å². The Morgan fingerprint density at radius 3 is 2.56 bits per heavy atom. The number of anilines is 2. The highest BCUT2D eigenvalue weighted by molar-refractivity contribution is 6.04. The molecule has 1 fully saturated rings. The number of methoxy groups -OCH3 is 2. The lowest BCUT2D eigenvalue weighted by Gasteiger charge is -2.20. The summed E-state index contributed by atoms with van der Waals surface area (Å²) in [4.78, 5) is 26.6. The third-order valence-corrected chi connectivity index (χ3v) is 4.46. The summed E-state index contributed by atoms with van der Waals surface area (Å²) >= 11 is 0. The second-order valence-electron chi connectivity index (χ2n) is 6.12. The molecule has 27 heavy (non-hydrogen) atoms. The highest BCUT2D eigenvalue weighted by atomic mass is 16.5. The maximum atomic E-state index is 12.5. The van der Waals surface area contributed by atoms with Gasteiger partial charge in [0.2, 0.25) is 11.8 Å². The van der Waals surface area contributed by atoms with E-state index in [1.165, 1.54) is 7.11 Å². The second-order valence-corrected chi connectivity index (χ2v) is 6.12. The monoisotopic (exact) mass is 365 g/mol. The fourth-order valence-electron chi connectivity index (χ4n) is 3.00. The molecule has 1 unspecified atom stereocenters. The molecule has 0 saturated carbocycles. The molecule has 3 rings (SSSR count). The molecule has 1 aliphatic rings. The highest BCUT2D eigenvalue weighted by Crippen LogP contribution is 2.36. The maximum Gasteiger partial charge on any atom is 0.229 e. The Morgan fingerprint density at radius 1 is 1.19 bits per heavy atom. The van der Waals surface area contributed by atoms with E-state index in [2.05, 4.69) is 5.32 Å². The molecule has 0 bridgehead atoms. The van der Waals surface area contributed by atoms with E-state index in [1.54, 1.807) is 54.5 Å². The van der Waals surface area contributed by atoms with Gasteiger partial charge in [-0.3, -0.25) is 9.59 Å². The Bertz CT molecular complexity index is 902. The third kappa shape index (κ3) is 3.85. The van der Waals surface area contributed by atoms with Crippen molar-refractivity contribution in [2.24, 2.45) is 5.92 Å². The first-order valence-electron chi connectivity index (χ1n) is 8.39. The van der Waals surface area contributed by atoms with Gasteiger partial charge in [-0.2, -0.15) is 5.26 Å². The van der Waals surface area contributed by atoms with E-state index in [0.29, 0.717) is 28.4 Å². The van der Waals surface area contributed by atoms with Gasteiger partial charge in [0.15, 0.2) is 0 Å². The number of amides is 2. The molecule has 138 valence electrons. The van der Waals surface area contributed by atoms with Crippen molar-refractivity contribution >= 4 is 23.2 Å². The number of rotatable bonds is 5. The molecule has 0 spiro atoms. The van der Waals surface area contributed by atoms with Gasteiger partial charge < -0.3 is 19.7 Å². The number of hydrogen-bond donors (Lipinski definition) is 1. The summed E-state index contributed by atoms with van der Waals surface area (Å²) in [6, 6.07) is 13.8. The van der Waals surface area contributed by atoms with E-state index < -0.39 is 5.92 Å². The van der Waals surface area contributed by atoms with Crippen molar-refractivity contribution in [1.29, 1.82) is 5.26 Å². The number of nitrogens with one attached hydrogen (secondary N) is 1. The fraction of sp³-hybridized carbons (Fsp3) is 0.250. The zero-order valence-electron chi connectivity index (χ0n) is 15.1. The molecule has 7 heteroatoms. The smallest absolute Gasteiger partial charge is 0.229 e. The molecule has 1 N–H and O–H groups in total. The summed E-state index contributed by atoms with van der Waals surface area (Å²) in [6.07, 6.45) is 0.122. The van der Waals surface area contributed by atoms with Crippen molar-refractivity contribution in [2.45, 2.75) is 6.42 Å². The molecule has 0 aromatic heterocycles. The Hall–Kier alpha value is -3.53. The van der Waals surface area contributed by atoms with Crippen LogP contribution >= 0.6 is 0 Å². The zero-order valence-corrected chi connectivity index (χ0v) is 15.1. The molecule has 2 aromatic rings. The maximum absolute atomic E-state index is 12.5. The summed E-state index contributed by atoms with van der Waals surface area (Å²) in [6.45, 7) is 0.267. The van der Waals surface area contributed by atoms with Crippen molar-refractivity contribution < 1.29 is 19.1 Å². The molecule has 1 saturated heterocycles. The van der Waals surface area contributed by atoms with Gasteiger partial charge >= 0.3 is 0 Å². The van der Waals surface area contributed by atoms with Crippen LogP contribution in [-0.4, -0.2) is 32.6 Å². The van der Waals surface area contributed by atoms with Crippen LogP contribution in [0.1, 0.15) is 12.0 Å². The summed E-state index contributed by atoms with van der Waals surface area (Å²) in [5.41, 5.74) is 1.71. The lowest BCUT2D eigenvalue weighted by molar-refractivity contribution is -0.122. The normalized spacial score (nSPS) is 16.0. The number of ether oxygens (including phenoxy) is 2.